The van der Waals surface area contributed by atoms with Gasteiger partial charge in [-0.3, -0.25) is 0 Å². The Morgan fingerprint density at radius 1 is 0.895 bits per heavy atom. The summed E-state index contributed by atoms with van der Waals surface area (Å²) in [7, 11) is 0. The summed E-state index contributed by atoms with van der Waals surface area (Å²) >= 11 is 0. The van der Waals surface area contributed by atoms with Crippen LogP contribution in [0.3, 0.4) is 0 Å². The molecule has 0 unspecified atom stereocenters. The van der Waals surface area contributed by atoms with Gasteiger partial charge in [-0.05, 0) is 17.2 Å². The fraction of sp³-hybridized carbons (Fsp3) is 0.200. The lowest BCUT2D eigenvalue weighted by atomic mass is 10.1. The van der Waals surface area contributed by atoms with E-state index in [1.165, 1.54) is 12.1 Å². The lowest BCUT2D eigenvalue weighted by Gasteiger charge is -2.11. The van der Waals surface area contributed by atoms with Crippen molar-refractivity contribution in [3.63, 3.8) is 0 Å². The molecule has 2 N–H and O–H groups in total. The second-order valence-corrected chi connectivity index (χ2v) is 4.15. The third-order valence-electron chi connectivity index (χ3n) is 2.81. The van der Waals surface area contributed by atoms with Crippen LogP contribution in [0.4, 0.5) is 4.39 Å². The minimum absolute atomic E-state index is 0.0108. The van der Waals surface area contributed by atoms with Gasteiger partial charge in [-0.15, -0.1) is 0 Å². The summed E-state index contributed by atoms with van der Waals surface area (Å²) in [6.07, 6.45) is 0. The number of hydrogen-bond donors (Lipinski definition) is 2. The molecule has 2 aromatic carbocycles. The van der Waals surface area contributed by atoms with Gasteiger partial charge in [-0.2, -0.15) is 0 Å². The Morgan fingerprint density at radius 2 is 1.58 bits per heavy atom. The molecule has 0 saturated heterocycles. The maximum Gasteiger partial charge on any atom is 0.165 e. The highest BCUT2D eigenvalue weighted by molar-refractivity contribution is 5.34. The van der Waals surface area contributed by atoms with Crippen LogP contribution in [0.25, 0.3) is 0 Å². The molecule has 0 saturated carbocycles. The van der Waals surface area contributed by atoms with Gasteiger partial charge in [-0.25, -0.2) is 4.39 Å². The summed E-state index contributed by atoms with van der Waals surface area (Å²) in [4.78, 5) is 0. The number of halogens is 1. The van der Waals surface area contributed by atoms with E-state index in [4.69, 9.17) is 14.9 Å². The molecule has 0 heterocycles. The Labute approximate surface area is 110 Å². The van der Waals surface area contributed by atoms with Crippen LogP contribution >= 0.6 is 0 Å². The Bertz CT molecular complexity index is 538. The normalized spacial score (nSPS) is 10.5. The van der Waals surface area contributed by atoms with Crippen molar-refractivity contribution in [1.82, 2.24) is 0 Å². The van der Waals surface area contributed by atoms with Gasteiger partial charge in [0.1, 0.15) is 6.61 Å². The summed E-state index contributed by atoms with van der Waals surface area (Å²) in [6, 6.07) is 11.6. The van der Waals surface area contributed by atoms with Gasteiger partial charge in [0, 0.05) is 5.56 Å². The molecule has 100 valence electrons. The molecule has 0 aliphatic carbocycles. The number of hydrogen-bond acceptors (Lipinski definition) is 3. The third kappa shape index (κ3) is 3.30. The first kappa shape index (κ1) is 13.5. The van der Waals surface area contributed by atoms with Crippen molar-refractivity contribution in [2.24, 2.45) is 0 Å². The summed E-state index contributed by atoms with van der Waals surface area (Å²) < 4.78 is 19.0. The fourth-order valence-electron chi connectivity index (χ4n) is 1.74. The Morgan fingerprint density at radius 3 is 2.21 bits per heavy atom. The lowest BCUT2D eigenvalue weighted by Crippen LogP contribution is -2.01. The van der Waals surface area contributed by atoms with Crippen molar-refractivity contribution in [3.05, 3.63) is 65.0 Å². The first-order valence-electron chi connectivity index (χ1n) is 5.94. The largest absolute Gasteiger partial charge is 0.485 e. The number of para-hydroxylation sites is 1. The van der Waals surface area contributed by atoms with E-state index in [9.17, 15) is 4.39 Å². The highest BCUT2D eigenvalue weighted by Gasteiger charge is 2.09. The maximum atomic E-state index is 13.6. The number of rotatable bonds is 5. The monoisotopic (exact) mass is 262 g/mol. The molecule has 0 aliphatic rings. The molecular weight excluding hydrogens is 247 g/mol. The highest BCUT2D eigenvalue weighted by atomic mass is 19.1. The van der Waals surface area contributed by atoms with E-state index in [2.05, 4.69) is 0 Å². The summed E-state index contributed by atoms with van der Waals surface area (Å²) in [5.74, 6) is -0.408. The van der Waals surface area contributed by atoms with Crippen LogP contribution in [0.15, 0.2) is 42.5 Å². The molecule has 3 nitrogen and oxygen atoms in total. The topological polar surface area (TPSA) is 49.7 Å². The van der Waals surface area contributed by atoms with Gasteiger partial charge < -0.3 is 14.9 Å². The van der Waals surface area contributed by atoms with Crippen LogP contribution in [0.5, 0.6) is 5.75 Å². The zero-order valence-electron chi connectivity index (χ0n) is 10.3. The second-order valence-electron chi connectivity index (χ2n) is 4.15. The smallest absolute Gasteiger partial charge is 0.165 e. The average Bonchev–Trinajstić information content (AvgIpc) is 2.46. The molecule has 0 atom stereocenters. The molecule has 0 spiro atoms. The number of aliphatic hydroxyl groups excluding tert-OH is 2. The third-order valence-corrected chi connectivity index (χ3v) is 2.81. The fourth-order valence-corrected chi connectivity index (χ4v) is 1.74. The molecule has 0 bridgehead atoms. The van der Waals surface area contributed by atoms with Crippen molar-refractivity contribution in [2.75, 3.05) is 0 Å². The molecule has 0 aliphatic heterocycles. The quantitative estimate of drug-likeness (QED) is 0.869. The molecule has 4 heteroatoms. The molecule has 0 fully saturated rings. The highest BCUT2D eigenvalue weighted by Crippen LogP contribution is 2.23. The Hall–Kier alpha value is -1.91. The average molecular weight is 262 g/mol. The molecule has 0 radical (unpaired) electrons. The lowest BCUT2D eigenvalue weighted by molar-refractivity contribution is 0.251. The van der Waals surface area contributed by atoms with Crippen molar-refractivity contribution >= 4 is 0 Å². The molecule has 0 amide bonds. The van der Waals surface area contributed by atoms with Crippen LogP contribution in [-0.2, 0) is 19.8 Å². The predicted molar refractivity (Wildman–Crippen MR) is 69.0 cm³/mol. The van der Waals surface area contributed by atoms with Crippen LogP contribution in [0.1, 0.15) is 16.7 Å². The summed E-state index contributed by atoms with van der Waals surface area (Å²) in [5.41, 5.74) is 2.10. The van der Waals surface area contributed by atoms with Crippen LogP contribution in [0, 0.1) is 5.82 Å². The van der Waals surface area contributed by atoms with E-state index in [-0.39, 0.29) is 25.6 Å². The van der Waals surface area contributed by atoms with E-state index in [0.29, 0.717) is 5.56 Å². The van der Waals surface area contributed by atoms with Gasteiger partial charge in [0.15, 0.2) is 11.6 Å². The van der Waals surface area contributed by atoms with E-state index in [1.54, 1.807) is 18.2 Å². The zero-order valence-corrected chi connectivity index (χ0v) is 10.3. The van der Waals surface area contributed by atoms with Crippen molar-refractivity contribution in [1.29, 1.82) is 0 Å². The van der Waals surface area contributed by atoms with E-state index < -0.39 is 5.82 Å². The Balaban J connectivity index is 2.09. The van der Waals surface area contributed by atoms with Crippen LogP contribution in [0.2, 0.25) is 0 Å². The second kappa shape index (κ2) is 6.31. The first-order valence-corrected chi connectivity index (χ1v) is 5.94. The molecule has 2 rings (SSSR count). The minimum atomic E-state index is -0.487. The van der Waals surface area contributed by atoms with Crippen molar-refractivity contribution < 1.29 is 19.3 Å². The van der Waals surface area contributed by atoms with Crippen LogP contribution < -0.4 is 4.74 Å². The minimum Gasteiger partial charge on any atom is -0.485 e. The van der Waals surface area contributed by atoms with Gasteiger partial charge in [-0.1, -0.05) is 36.4 Å². The van der Waals surface area contributed by atoms with E-state index in [1.807, 2.05) is 12.1 Å². The molecule has 0 aromatic heterocycles. The Kier molecular flexibility index (Phi) is 4.49. The summed E-state index contributed by atoms with van der Waals surface area (Å²) in [6.45, 7) is -0.0701. The predicted octanol–water partition coefficient (Wildman–Crippen LogP) is 2.39. The first-order chi connectivity index (χ1) is 9.24. The van der Waals surface area contributed by atoms with Gasteiger partial charge >= 0.3 is 0 Å². The molecule has 2 aromatic rings. The standard InChI is InChI=1S/C15H15FO3/c16-14-3-1-2-13(9-18)15(14)19-10-12-6-4-11(8-17)5-7-12/h1-7,17-18H,8-10H2. The molecular formula is C15H15FO3. The van der Waals surface area contributed by atoms with Gasteiger partial charge in [0.2, 0.25) is 0 Å². The number of benzene rings is 2. The maximum absolute atomic E-state index is 13.6. The van der Waals surface area contributed by atoms with E-state index >= 15 is 0 Å². The zero-order chi connectivity index (χ0) is 13.7. The van der Waals surface area contributed by atoms with Crippen LogP contribution in [-0.4, -0.2) is 10.2 Å². The van der Waals surface area contributed by atoms with E-state index in [0.717, 1.165) is 11.1 Å². The van der Waals surface area contributed by atoms with Gasteiger partial charge in [0.25, 0.3) is 0 Å². The SMILES string of the molecule is OCc1ccc(COc2c(F)cccc2CO)cc1. The summed E-state index contributed by atoms with van der Waals surface area (Å²) in [5, 5.41) is 18.1. The number of aliphatic hydroxyl groups is 2. The van der Waals surface area contributed by atoms with Gasteiger partial charge in [0.05, 0.1) is 13.2 Å². The van der Waals surface area contributed by atoms with Crippen molar-refractivity contribution in [3.8, 4) is 5.75 Å². The van der Waals surface area contributed by atoms with Crippen molar-refractivity contribution in [2.45, 2.75) is 19.8 Å². The molecule has 19 heavy (non-hydrogen) atoms. The number of ether oxygens (including phenoxy) is 1.